The van der Waals surface area contributed by atoms with Crippen LogP contribution in [0, 0.1) is 17.8 Å². The SMILES string of the molecule is CCCCCCCCCCCCCCCCCCCCC(=O)O[C@H](COC(=O)CCCCCCCCCC(C)C)COP(=O)(O)OC[C@@H](O)COP(=O)(O)OC[C@@H](COC(=O)CCCCCCCCC(C)CC)OC(=O)CCCCCCCCCC(C)C. The van der Waals surface area contributed by atoms with Crippen LogP contribution in [0.1, 0.15) is 344 Å². The van der Waals surface area contributed by atoms with Gasteiger partial charge < -0.3 is 33.8 Å². The maximum atomic E-state index is 13.0. The third kappa shape index (κ3) is 61.6. The molecule has 3 unspecified atom stereocenters. The molecule has 19 heteroatoms. The summed E-state index contributed by atoms with van der Waals surface area (Å²) in [6.07, 6.45) is 43.4. The van der Waals surface area contributed by atoms with E-state index in [2.05, 4.69) is 48.5 Å². The Kier molecular flexibility index (Phi) is 58.7. The topological polar surface area (TPSA) is 237 Å². The van der Waals surface area contributed by atoms with Crippen molar-refractivity contribution in [3.8, 4) is 0 Å². The Hall–Kier alpha value is -1.94. The number of phosphoric acid groups is 2. The predicted octanol–water partition coefficient (Wildman–Crippen LogP) is 19.5. The van der Waals surface area contributed by atoms with E-state index < -0.39 is 97.5 Å². The summed E-state index contributed by atoms with van der Waals surface area (Å²) in [6, 6.07) is 0. The Morgan fingerprint density at radius 1 is 0.330 bits per heavy atom. The molecule has 88 heavy (non-hydrogen) atoms. The lowest BCUT2D eigenvalue weighted by molar-refractivity contribution is -0.161. The summed E-state index contributed by atoms with van der Waals surface area (Å²) in [5.41, 5.74) is 0. The lowest BCUT2D eigenvalue weighted by Crippen LogP contribution is -2.30. The van der Waals surface area contributed by atoms with Crippen molar-refractivity contribution in [3.63, 3.8) is 0 Å². The molecule has 0 fully saturated rings. The van der Waals surface area contributed by atoms with Crippen molar-refractivity contribution in [2.24, 2.45) is 17.8 Å². The van der Waals surface area contributed by atoms with Crippen molar-refractivity contribution in [2.75, 3.05) is 39.6 Å². The van der Waals surface area contributed by atoms with Gasteiger partial charge in [0, 0.05) is 25.7 Å². The van der Waals surface area contributed by atoms with Crippen molar-refractivity contribution >= 4 is 39.5 Å². The Balaban J connectivity index is 5.20. The fourth-order valence-corrected chi connectivity index (χ4v) is 11.9. The number of phosphoric ester groups is 2. The number of unbranched alkanes of at least 4 members (excludes halogenated alkanes) is 34. The summed E-state index contributed by atoms with van der Waals surface area (Å²) in [4.78, 5) is 72.4. The molecule has 0 saturated heterocycles. The Morgan fingerprint density at radius 3 is 0.864 bits per heavy atom. The minimum absolute atomic E-state index is 0.102. The van der Waals surface area contributed by atoms with Crippen molar-refractivity contribution in [1.82, 2.24) is 0 Å². The summed E-state index contributed by atoms with van der Waals surface area (Å²) >= 11 is 0. The molecular weight excluding hydrogens is 1160 g/mol. The first kappa shape index (κ1) is 86.1. The zero-order chi connectivity index (χ0) is 65.2. The van der Waals surface area contributed by atoms with Crippen molar-refractivity contribution in [3.05, 3.63) is 0 Å². The maximum Gasteiger partial charge on any atom is 0.472 e. The molecule has 0 saturated carbocycles. The number of hydrogen-bond donors (Lipinski definition) is 3. The lowest BCUT2D eigenvalue weighted by Gasteiger charge is -2.21. The van der Waals surface area contributed by atoms with Crippen LogP contribution in [0.15, 0.2) is 0 Å². The van der Waals surface area contributed by atoms with Crippen LogP contribution in [0.2, 0.25) is 0 Å². The molecule has 17 nitrogen and oxygen atoms in total. The molecule has 0 amide bonds. The van der Waals surface area contributed by atoms with Gasteiger partial charge in [0.1, 0.15) is 19.3 Å². The molecule has 0 bridgehead atoms. The number of esters is 4. The van der Waals surface area contributed by atoms with Gasteiger partial charge in [0.15, 0.2) is 12.2 Å². The van der Waals surface area contributed by atoms with E-state index in [1.54, 1.807) is 0 Å². The minimum atomic E-state index is -4.95. The van der Waals surface area contributed by atoms with E-state index in [1.165, 1.54) is 141 Å². The van der Waals surface area contributed by atoms with Crippen LogP contribution < -0.4 is 0 Å². The van der Waals surface area contributed by atoms with Crippen LogP contribution in [-0.2, 0) is 65.4 Å². The molecule has 0 heterocycles. The molecule has 3 N–H and O–H groups in total. The third-order valence-corrected chi connectivity index (χ3v) is 18.1. The van der Waals surface area contributed by atoms with E-state index >= 15 is 0 Å². The second kappa shape index (κ2) is 60.0. The average molecular weight is 1300 g/mol. The third-order valence-electron chi connectivity index (χ3n) is 16.2. The number of carbonyl (C=O) groups excluding carboxylic acids is 4. The first-order valence-corrected chi connectivity index (χ1v) is 38.9. The lowest BCUT2D eigenvalue weighted by atomic mass is 10.00. The predicted molar refractivity (Wildman–Crippen MR) is 354 cm³/mol. The zero-order valence-electron chi connectivity index (χ0n) is 57.2. The van der Waals surface area contributed by atoms with Crippen molar-refractivity contribution in [1.29, 1.82) is 0 Å². The Labute approximate surface area is 537 Å². The van der Waals surface area contributed by atoms with Gasteiger partial charge in [-0.3, -0.25) is 37.3 Å². The highest BCUT2D eigenvalue weighted by Gasteiger charge is 2.30. The average Bonchev–Trinajstić information content (AvgIpc) is 3.41. The zero-order valence-corrected chi connectivity index (χ0v) is 59.0. The van der Waals surface area contributed by atoms with E-state index in [9.17, 15) is 43.2 Å². The highest BCUT2D eigenvalue weighted by molar-refractivity contribution is 7.47. The summed E-state index contributed by atoms with van der Waals surface area (Å²) < 4.78 is 68.2. The molecule has 0 aliphatic carbocycles. The van der Waals surface area contributed by atoms with Crippen molar-refractivity contribution < 1.29 is 80.2 Å². The van der Waals surface area contributed by atoms with Gasteiger partial charge in [0.25, 0.3) is 0 Å². The minimum Gasteiger partial charge on any atom is -0.462 e. The fraction of sp³-hybridized carbons (Fsp3) is 0.942. The summed E-state index contributed by atoms with van der Waals surface area (Å²) in [6.45, 7) is 11.7. The molecule has 0 aliphatic rings. The number of ether oxygens (including phenoxy) is 4. The molecule has 0 spiro atoms. The first-order valence-electron chi connectivity index (χ1n) is 35.9. The molecule has 0 aromatic rings. The van der Waals surface area contributed by atoms with Crippen LogP contribution in [0.3, 0.4) is 0 Å². The second-order valence-electron chi connectivity index (χ2n) is 26.1. The van der Waals surface area contributed by atoms with Gasteiger partial charge in [-0.05, 0) is 43.4 Å². The van der Waals surface area contributed by atoms with Gasteiger partial charge in [-0.15, -0.1) is 0 Å². The summed E-state index contributed by atoms with van der Waals surface area (Å²) in [7, 11) is -9.90. The summed E-state index contributed by atoms with van der Waals surface area (Å²) in [5.74, 6) is -0.00120. The Bertz CT molecular complexity index is 1730. The van der Waals surface area contributed by atoms with Gasteiger partial charge in [0.2, 0.25) is 0 Å². The molecule has 0 radical (unpaired) electrons. The largest absolute Gasteiger partial charge is 0.472 e. The van der Waals surface area contributed by atoms with E-state index in [1.807, 2.05) is 0 Å². The molecule has 0 aliphatic heterocycles. The monoisotopic (exact) mass is 1300 g/mol. The van der Waals surface area contributed by atoms with E-state index in [-0.39, 0.29) is 25.7 Å². The molecule has 6 atom stereocenters. The van der Waals surface area contributed by atoms with Crippen molar-refractivity contribution in [2.45, 2.75) is 362 Å². The molecule has 522 valence electrons. The van der Waals surface area contributed by atoms with Crippen LogP contribution in [0.5, 0.6) is 0 Å². The van der Waals surface area contributed by atoms with Gasteiger partial charge in [0.05, 0.1) is 26.4 Å². The number of carbonyl (C=O) groups is 4. The van der Waals surface area contributed by atoms with Crippen LogP contribution >= 0.6 is 15.6 Å². The van der Waals surface area contributed by atoms with E-state index in [0.29, 0.717) is 37.5 Å². The number of aliphatic hydroxyl groups excluding tert-OH is 1. The number of hydrogen-bond acceptors (Lipinski definition) is 15. The quantitative estimate of drug-likeness (QED) is 0.0222. The highest BCUT2D eigenvalue weighted by atomic mass is 31.2. The van der Waals surface area contributed by atoms with Gasteiger partial charge in [-0.2, -0.15) is 0 Å². The maximum absolute atomic E-state index is 13.0. The number of rotatable bonds is 67. The standard InChI is InChI=1S/C69H134O17P2/c1-8-10-11-12-13-14-15-16-17-18-19-20-21-22-23-28-38-45-52-68(73)85-64(56-79-66(71)50-43-36-29-24-26-33-40-47-60(3)4)58-83-87(75,76)81-54-63(70)55-82-88(77,78)84-59-65(86-69(74)53-46-39-30-25-27-34-41-48-61(5)6)57-80-67(72)51-44-37-32-31-35-42-49-62(7)9-2/h60-65,70H,8-59H2,1-7H3,(H,75,76)(H,77,78)/t62?,63-,64-,65-/m1/s1. The Morgan fingerprint density at radius 2 is 0.580 bits per heavy atom. The van der Waals surface area contributed by atoms with Gasteiger partial charge in [-0.1, -0.05) is 292 Å². The second-order valence-corrected chi connectivity index (χ2v) is 29.0. The molecule has 0 rings (SSSR count). The first-order chi connectivity index (χ1) is 42.3. The highest BCUT2D eigenvalue weighted by Crippen LogP contribution is 2.45. The van der Waals surface area contributed by atoms with Crippen LogP contribution in [0.25, 0.3) is 0 Å². The summed E-state index contributed by atoms with van der Waals surface area (Å²) in [5, 5.41) is 10.6. The van der Waals surface area contributed by atoms with Gasteiger partial charge >= 0.3 is 39.5 Å². The normalized spacial score (nSPS) is 14.5. The van der Waals surface area contributed by atoms with Crippen LogP contribution in [0.4, 0.5) is 0 Å². The fourth-order valence-electron chi connectivity index (χ4n) is 10.3. The number of aliphatic hydroxyl groups is 1. The smallest absolute Gasteiger partial charge is 0.462 e. The molecule has 0 aromatic carbocycles. The van der Waals surface area contributed by atoms with Crippen LogP contribution in [-0.4, -0.2) is 96.7 Å². The van der Waals surface area contributed by atoms with Gasteiger partial charge in [-0.25, -0.2) is 9.13 Å². The van der Waals surface area contributed by atoms with E-state index in [0.717, 1.165) is 109 Å². The molecule has 0 aromatic heterocycles. The van der Waals surface area contributed by atoms with E-state index in [4.69, 9.17) is 37.0 Å². The molecular formula is C69H134O17P2.